The standard InChI is InChI=1S/C26H29ClN4O3/c27-21-7-8-22-24-23(21)25(32)20(18-31(24)15-16-34-22)26(33)28-9-4-10-29-11-13-30(14-12-29)17-19-5-2-1-3-6-19/h1-3,5-8,18H,4,9-17H2,(H,28,33). The van der Waals surface area contributed by atoms with Crippen molar-refractivity contribution >= 4 is 28.4 Å². The number of hydrogen-bond donors (Lipinski definition) is 1. The summed E-state index contributed by atoms with van der Waals surface area (Å²) in [6.07, 6.45) is 2.47. The smallest absolute Gasteiger partial charge is 0.256 e. The number of carbonyl (C=O) groups excluding carboxylic acids is 1. The molecule has 0 spiro atoms. The van der Waals surface area contributed by atoms with Crippen LogP contribution in [0, 0.1) is 0 Å². The Morgan fingerprint density at radius 1 is 1.00 bits per heavy atom. The minimum Gasteiger partial charge on any atom is -0.490 e. The van der Waals surface area contributed by atoms with Gasteiger partial charge in [0.2, 0.25) is 5.43 Å². The fourth-order valence-electron chi connectivity index (χ4n) is 4.78. The number of aromatic nitrogens is 1. The number of pyridine rings is 1. The summed E-state index contributed by atoms with van der Waals surface area (Å²) < 4.78 is 7.55. The van der Waals surface area contributed by atoms with Crippen molar-refractivity contribution in [3.05, 3.63) is 75.0 Å². The van der Waals surface area contributed by atoms with E-state index in [9.17, 15) is 9.59 Å². The summed E-state index contributed by atoms with van der Waals surface area (Å²) >= 11 is 6.32. The van der Waals surface area contributed by atoms with Crippen LogP contribution in [0.4, 0.5) is 0 Å². The highest BCUT2D eigenvalue weighted by Gasteiger charge is 2.22. The van der Waals surface area contributed by atoms with Crippen molar-refractivity contribution in [2.75, 3.05) is 45.9 Å². The molecule has 0 atom stereocenters. The zero-order valence-corrected chi connectivity index (χ0v) is 19.9. The molecular weight excluding hydrogens is 452 g/mol. The fraction of sp³-hybridized carbons (Fsp3) is 0.385. The zero-order valence-electron chi connectivity index (χ0n) is 19.1. The maximum Gasteiger partial charge on any atom is 0.256 e. The van der Waals surface area contributed by atoms with Crippen molar-refractivity contribution in [3.8, 4) is 5.75 Å². The van der Waals surface area contributed by atoms with Crippen LogP contribution in [0.3, 0.4) is 0 Å². The van der Waals surface area contributed by atoms with Crippen molar-refractivity contribution in [2.45, 2.75) is 19.5 Å². The van der Waals surface area contributed by atoms with Gasteiger partial charge in [0, 0.05) is 45.5 Å². The molecule has 0 unspecified atom stereocenters. The van der Waals surface area contributed by atoms with E-state index in [1.807, 2.05) is 10.6 Å². The molecule has 1 fully saturated rings. The van der Waals surface area contributed by atoms with Gasteiger partial charge >= 0.3 is 0 Å². The first-order chi connectivity index (χ1) is 16.6. The second-order valence-electron chi connectivity index (χ2n) is 8.90. The van der Waals surface area contributed by atoms with E-state index in [1.54, 1.807) is 18.3 Å². The molecule has 5 rings (SSSR count). The van der Waals surface area contributed by atoms with Crippen LogP contribution in [0.2, 0.25) is 5.02 Å². The first kappa shape index (κ1) is 22.9. The number of nitrogens with zero attached hydrogens (tertiary/aromatic N) is 3. The van der Waals surface area contributed by atoms with Crippen molar-refractivity contribution in [1.29, 1.82) is 0 Å². The predicted octanol–water partition coefficient (Wildman–Crippen LogP) is 2.99. The number of amides is 1. The third-order valence-corrected chi connectivity index (χ3v) is 6.93. The van der Waals surface area contributed by atoms with Crippen LogP contribution in [-0.2, 0) is 13.1 Å². The molecule has 0 aliphatic carbocycles. The molecule has 0 bridgehead atoms. The van der Waals surface area contributed by atoms with E-state index in [0.717, 1.165) is 45.7 Å². The van der Waals surface area contributed by atoms with Gasteiger partial charge in [0.05, 0.1) is 22.5 Å². The maximum absolute atomic E-state index is 13.0. The van der Waals surface area contributed by atoms with Gasteiger partial charge in [-0.05, 0) is 30.7 Å². The second-order valence-corrected chi connectivity index (χ2v) is 9.30. The molecule has 1 aromatic heterocycles. The summed E-state index contributed by atoms with van der Waals surface area (Å²) in [5.41, 5.74) is 1.78. The average Bonchev–Trinajstić information content (AvgIpc) is 2.86. The summed E-state index contributed by atoms with van der Waals surface area (Å²) in [6.45, 7) is 7.65. The Bertz CT molecular complexity index is 1240. The van der Waals surface area contributed by atoms with E-state index in [1.165, 1.54) is 5.56 Å². The molecule has 34 heavy (non-hydrogen) atoms. The minimum absolute atomic E-state index is 0.128. The van der Waals surface area contributed by atoms with Crippen LogP contribution in [-0.4, -0.2) is 66.1 Å². The zero-order chi connectivity index (χ0) is 23.5. The van der Waals surface area contributed by atoms with Crippen molar-refractivity contribution < 1.29 is 9.53 Å². The third kappa shape index (κ3) is 4.82. The minimum atomic E-state index is -0.351. The van der Waals surface area contributed by atoms with Gasteiger partial charge in [-0.1, -0.05) is 41.9 Å². The van der Waals surface area contributed by atoms with Crippen LogP contribution in [0.1, 0.15) is 22.3 Å². The van der Waals surface area contributed by atoms with E-state index in [4.69, 9.17) is 16.3 Å². The van der Waals surface area contributed by atoms with Crippen LogP contribution in [0.5, 0.6) is 5.75 Å². The molecule has 7 nitrogen and oxygen atoms in total. The quantitative estimate of drug-likeness (QED) is 0.527. The molecule has 3 aromatic rings. The predicted molar refractivity (Wildman–Crippen MR) is 134 cm³/mol. The second kappa shape index (κ2) is 10.2. The monoisotopic (exact) mass is 480 g/mol. The van der Waals surface area contributed by atoms with Gasteiger partial charge in [0.25, 0.3) is 5.91 Å². The Kier molecular flexibility index (Phi) is 6.85. The van der Waals surface area contributed by atoms with E-state index in [2.05, 4.69) is 39.4 Å². The topological polar surface area (TPSA) is 66.8 Å². The van der Waals surface area contributed by atoms with Gasteiger partial charge < -0.3 is 19.5 Å². The lowest BCUT2D eigenvalue weighted by Gasteiger charge is -2.34. The number of rotatable bonds is 7. The number of piperazine rings is 1. The summed E-state index contributed by atoms with van der Waals surface area (Å²) in [5, 5.41) is 3.61. The molecule has 1 N–H and O–H groups in total. The Morgan fingerprint density at radius 2 is 1.76 bits per heavy atom. The van der Waals surface area contributed by atoms with E-state index >= 15 is 0 Å². The van der Waals surface area contributed by atoms with Gasteiger partial charge in [-0.3, -0.25) is 14.5 Å². The Morgan fingerprint density at radius 3 is 2.56 bits per heavy atom. The lowest BCUT2D eigenvalue weighted by Crippen LogP contribution is -2.46. The Hall–Kier alpha value is -2.87. The van der Waals surface area contributed by atoms with E-state index in [0.29, 0.717) is 41.4 Å². The molecular formula is C26H29ClN4O3. The number of halogens is 1. The molecule has 0 saturated carbocycles. The highest BCUT2D eigenvalue weighted by atomic mass is 35.5. The first-order valence-electron chi connectivity index (χ1n) is 11.9. The molecule has 2 aromatic carbocycles. The van der Waals surface area contributed by atoms with E-state index in [-0.39, 0.29) is 16.9 Å². The number of carbonyl (C=O) groups is 1. The number of nitrogens with one attached hydrogen (secondary N) is 1. The van der Waals surface area contributed by atoms with Crippen molar-refractivity contribution in [2.24, 2.45) is 0 Å². The fourth-order valence-corrected chi connectivity index (χ4v) is 5.02. The summed E-state index contributed by atoms with van der Waals surface area (Å²) in [6, 6.07) is 14.0. The van der Waals surface area contributed by atoms with E-state index < -0.39 is 0 Å². The number of benzene rings is 2. The molecule has 0 radical (unpaired) electrons. The molecule has 2 aliphatic heterocycles. The van der Waals surface area contributed by atoms with Gasteiger partial charge in [0.1, 0.15) is 17.9 Å². The van der Waals surface area contributed by atoms with Crippen LogP contribution < -0.4 is 15.5 Å². The SMILES string of the molecule is O=C(NCCCN1CCN(Cc2ccccc2)CC1)c1cn2c3c(ccc(Cl)c3c1=O)OCC2. The molecule has 2 aliphatic rings. The molecule has 1 saturated heterocycles. The van der Waals surface area contributed by atoms with Gasteiger partial charge in [-0.2, -0.15) is 0 Å². The Balaban J connectivity index is 1.13. The van der Waals surface area contributed by atoms with Crippen molar-refractivity contribution in [1.82, 2.24) is 19.7 Å². The highest BCUT2D eigenvalue weighted by Crippen LogP contribution is 2.31. The van der Waals surface area contributed by atoms with Crippen LogP contribution in [0.15, 0.2) is 53.5 Å². The molecule has 1 amide bonds. The summed E-state index contributed by atoms with van der Waals surface area (Å²) in [7, 11) is 0. The van der Waals surface area contributed by atoms with Crippen LogP contribution in [0.25, 0.3) is 10.9 Å². The molecule has 178 valence electrons. The largest absolute Gasteiger partial charge is 0.490 e. The lowest BCUT2D eigenvalue weighted by molar-refractivity contribution is 0.0945. The number of hydrogen-bond acceptors (Lipinski definition) is 5. The highest BCUT2D eigenvalue weighted by molar-refractivity contribution is 6.35. The lowest BCUT2D eigenvalue weighted by atomic mass is 10.1. The summed E-state index contributed by atoms with van der Waals surface area (Å²) in [4.78, 5) is 30.8. The summed E-state index contributed by atoms with van der Waals surface area (Å²) in [5.74, 6) is 0.273. The van der Waals surface area contributed by atoms with Crippen LogP contribution >= 0.6 is 11.6 Å². The normalized spacial score (nSPS) is 16.4. The molecule has 3 heterocycles. The van der Waals surface area contributed by atoms with Gasteiger partial charge in [-0.25, -0.2) is 0 Å². The maximum atomic E-state index is 13.0. The average molecular weight is 481 g/mol. The Labute approximate surface area is 203 Å². The molecule has 8 heteroatoms. The first-order valence-corrected chi connectivity index (χ1v) is 12.2. The van der Waals surface area contributed by atoms with Gasteiger partial charge in [-0.15, -0.1) is 0 Å². The van der Waals surface area contributed by atoms with Crippen molar-refractivity contribution in [3.63, 3.8) is 0 Å². The van der Waals surface area contributed by atoms with Gasteiger partial charge in [0.15, 0.2) is 0 Å². The number of ether oxygens (including phenoxy) is 1. The third-order valence-electron chi connectivity index (χ3n) is 6.62.